The second-order valence-corrected chi connectivity index (χ2v) is 8.34. The van der Waals surface area contributed by atoms with Crippen molar-refractivity contribution < 1.29 is 13.9 Å². The summed E-state index contributed by atoms with van der Waals surface area (Å²) in [5.74, 6) is 1.06. The van der Waals surface area contributed by atoms with E-state index in [1.54, 1.807) is 18.4 Å². The summed E-state index contributed by atoms with van der Waals surface area (Å²) in [6.07, 6.45) is 0. The molecule has 29 heavy (non-hydrogen) atoms. The van der Waals surface area contributed by atoms with Gasteiger partial charge in [0.1, 0.15) is 11.3 Å². The van der Waals surface area contributed by atoms with Crippen LogP contribution in [0.15, 0.2) is 75.7 Å². The summed E-state index contributed by atoms with van der Waals surface area (Å²) in [7, 11) is 1.65. The highest BCUT2D eigenvalue weighted by atomic mass is 32.2. The molecular weight excluding hydrogens is 404 g/mol. The molecule has 4 aromatic rings. The van der Waals surface area contributed by atoms with E-state index >= 15 is 0 Å². The lowest BCUT2D eigenvalue weighted by molar-refractivity contribution is -0.129. The standard InChI is InChI=1S/C22H20N2O3S2/c1-26-19-10-4-2-7-16(19)13-24(14-17-8-6-12-28-17)21(25)15-29-22-23-18-9-3-5-11-20(18)27-22/h2-12H,13-15H2,1H3. The van der Waals surface area contributed by atoms with Crippen LogP contribution >= 0.6 is 23.1 Å². The number of rotatable bonds is 8. The Hall–Kier alpha value is -2.77. The lowest BCUT2D eigenvalue weighted by Crippen LogP contribution is -2.31. The van der Waals surface area contributed by atoms with Gasteiger partial charge in [0, 0.05) is 17.0 Å². The van der Waals surface area contributed by atoms with Gasteiger partial charge >= 0.3 is 0 Å². The van der Waals surface area contributed by atoms with Crippen molar-refractivity contribution in [2.24, 2.45) is 0 Å². The molecule has 2 aromatic carbocycles. The summed E-state index contributed by atoms with van der Waals surface area (Å²) in [4.78, 5) is 20.5. The number of amides is 1. The first-order valence-electron chi connectivity index (χ1n) is 9.13. The summed E-state index contributed by atoms with van der Waals surface area (Å²) in [5.41, 5.74) is 2.51. The van der Waals surface area contributed by atoms with E-state index in [9.17, 15) is 4.79 Å². The number of para-hydroxylation sites is 3. The van der Waals surface area contributed by atoms with Crippen LogP contribution in [0.1, 0.15) is 10.4 Å². The van der Waals surface area contributed by atoms with Crippen molar-refractivity contribution in [2.45, 2.75) is 18.3 Å². The molecule has 0 saturated carbocycles. The lowest BCUT2D eigenvalue weighted by Gasteiger charge is -2.23. The van der Waals surface area contributed by atoms with E-state index in [1.165, 1.54) is 11.8 Å². The van der Waals surface area contributed by atoms with Crippen molar-refractivity contribution in [3.8, 4) is 5.75 Å². The van der Waals surface area contributed by atoms with E-state index in [-0.39, 0.29) is 11.7 Å². The number of methoxy groups -OCH3 is 1. The van der Waals surface area contributed by atoms with Gasteiger partial charge in [-0.1, -0.05) is 48.2 Å². The van der Waals surface area contributed by atoms with Gasteiger partial charge in [-0.15, -0.1) is 11.3 Å². The molecule has 0 aliphatic heterocycles. The molecule has 0 N–H and O–H groups in total. The van der Waals surface area contributed by atoms with Crippen LogP contribution in [-0.2, 0) is 17.9 Å². The molecule has 2 aromatic heterocycles. The molecule has 0 radical (unpaired) electrons. The molecule has 0 saturated heterocycles. The number of oxazole rings is 1. The van der Waals surface area contributed by atoms with Crippen molar-refractivity contribution in [1.82, 2.24) is 9.88 Å². The van der Waals surface area contributed by atoms with Crippen LogP contribution < -0.4 is 4.74 Å². The van der Waals surface area contributed by atoms with Gasteiger partial charge in [0.2, 0.25) is 5.91 Å². The average molecular weight is 425 g/mol. The molecule has 7 heteroatoms. The Morgan fingerprint density at radius 2 is 1.93 bits per heavy atom. The molecule has 4 rings (SSSR count). The summed E-state index contributed by atoms with van der Waals surface area (Å²) < 4.78 is 11.2. The number of hydrogen-bond donors (Lipinski definition) is 0. The minimum atomic E-state index is 0.0246. The molecular formula is C22H20N2O3S2. The van der Waals surface area contributed by atoms with Gasteiger partial charge in [-0.2, -0.15) is 0 Å². The molecule has 1 amide bonds. The van der Waals surface area contributed by atoms with E-state index in [1.807, 2.05) is 70.9 Å². The summed E-state index contributed by atoms with van der Waals surface area (Å²) in [6, 6.07) is 19.4. The number of ether oxygens (including phenoxy) is 1. The highest BCUT2D eigenvalue weighted by molar-refractivity contribution is 7.99. The number of carbonyl (C=O) groups is 1. The van der Waals surface area contributed by atoms with E-state index in [2.05, 4.69) is 4.98 Å². The van der Waals surface area contributed by atoms with E-state index < -0.39 is 0 Å². The van der Waals surface area contributed by atoms with Gasteiger partial charge in [0.15, 0.2) is 5.58 Å². The molecule has 0 aliphatic rings. The number of benzene rings is 2. The first-order chi connectivity index (χ1) is 14.2. The number of thioether (sulfide) groups is 1. The third kappa shape index (κ3) is 4.81. The minimum absolute atomic E-state index is 0.0246. The normalized spacial score (nSPS) is 10.9. The third-order valence-corrected chi connectivity index (χ3v) is 6.10. The van der Waals surface area contributed by atoms with Crippen LogP contribution in [0.25, 0.3) is 11.1 Å². The summed E-state index contributed by atoms with van der Waals surface area (Å²) in [5, 5.41) is 2.53. The number of fused-ring (bicyclic) bond motifs is 1. The van der Waals surface area contributed by atoms with E-state index in [0.717, 1.165) is 27.3 Å². The van der Waals surface area contributed by atoms with Crippen LogP contribution in [0.2, 0.25) is 0 Å². The largest absolute Gasteiger partial charge is 0.496 e. The molecule has 0 atom stereocenters. The third-order valence-electron chi connectivity index (χ3n) is 4.43. The Morgan fingerprint density at radius 1 is 1.10 bits per heavy atom. The zero-order valence-corrected chi connectivity index (χ0v) is 17.5. The van der Waals surface area contributed by atoms with Crippen LogP contribution in [0.4, 0.5) is 0 Å². The zero-order chi connectivity index (χ0) is 20.1. The maximum Gasteiger partial charge on any atom is 0.257 e. The monoisotopic (exact) mass is 424 g/mol. The van der Waals surface area contributed by atoms with Crippen LogP contribution in [0.3, 0.4) is 0 Å². The second-order valence-electron chi connectivity index (χ2n) is 6.38. The van der Waals surface area contributed by atoms with Crippen LogP contribution in [0, 0.1) is 0 Å². The number of nitrogens with zero attached hydrogens (tertiary/aromatic N) is 2. The highest BCUT2D eigenvalue weighted by Crippen LogP contribution is 2.25. The van der Waals surface area contributed by atoms with Gasteiger partial charge in [-0.3, -0.25) is 4.79 Å². The maximum atomic E-state index is 13.1. The smallest absolute Gasteiger partial charge is 0.257 e. The Morgan fingerprint density at radius 3 is 2.72 bits per heavy atom. The topological polar surface area (TPSA) is 55.6 Å². The highest BCUT2D eigenvalue weighted by Gasteiger charge is 2.18. The van der Waals surface area contributed by atoms with Crippen molar-refractivity contribution in [1.29, 1.82) is 0 Å². The lowest BCUT2D eigenvalue weighted by atomic mass is 10.2. The molecule has 148 valence electrons. The molecule has 0 spiro atoms. The van der Waals surface area contributed by atoms with Crippen LogP contribution in [-0.4, -0.2) is 28.7 Å². The first kappa shape index (κ1) is 19.5. The SMILES string of the molecule is COc1ccccc1CN(Cc1cccs1)C(=O)CSc1nc2ccccc2o1. The number of hydrogen-bond acceptors (Lipinski definition) is 6. The van der Waals surface area contributed by atoms with Crippen LogP contribution in [0.5, 0.6) is 5.75 Å². The molecule has 5 nitrogen and oxygen atoms in total. The summed E-state index contributed by atoms with van der Waals surface area (Å²) in [6.45, 7) is 1.04. The summed E-state index contributed by atoms with van der Waals surface area (Å²) >= 11 is 2.96. The average Bonchev–Trinajstić information content (AvgIpc) is 3.41. The Balaban J connectivity index is 1.49. The maximum absolute atomic E-state index is 13.1. The molecule has 2 heterocycles. The Kier molecular flexibility index (Phi) is 6.17. The fourth-order valence-electron chi connectivity index (χ4n) is 2.99. The minimum Gasteiger partial charge on any atom is -0.496 e. The molecule has 0 aliphatic carbocycles. The number of aromatic nitrogens is 1. The predicted molar refractivity (Wildman–Crippen MR) is 116 cm³/mol. The first-order valence-corrected chi connectivity index (χ1v) is 11.0. The van der Waals surface area contributed by atoms with Crippen molar-refractivity contribution in [3.63, 3.8) is 0 Å². The van der Waals surface area contributed by atoms with Crippen molar-refractivity contribution >= 4 is 40.1 Å². The van der Waals surface area contributed by atoms with Gasteiger partial charge in [-0.05, 0) is 29.6 Å². The van der Waals surface area contributed by atoms with Crippen molar-refractivity contribution in [3.05, 3.63) is 76.5 Å². The fraction of sp³-hybridized carbons (Fsp3) is 0.182. The molecule has 0 bridgehead atoms. The number of thiophene rings is 1. The molecule has 0 fully saturated rings. The Labute approximate surface area is 177 Å². The second kappa shape index (κ2) is 9.15. The van der Waals surface area contributed by atoms with Crippen molar-refractivity contribution in [2.75, 3.05) is 12.9 Å². The van der Waals surface area contributed by atoms with Gasteiger partial charge in [0.05, 0.1) is 19.4 Å². The van der Waals surface area contributed by atoms with Gasteiger partial charge < -0.3 is 14.1 Å². The molecule has 0 unspecified atom stereocenters. The van der Waals surface area contributed by atoms with E-state index in [4.69, 9.17) is 9.15 Å². The van der Waals surface area contributed by atoms with Gasteiger partial charge in [-0.25, -0.2) is 4.98 Å². The Bertz CT molecular complexity index is 1060. The van der Waals surface area contributed by atoms with Gasteiger partial charge in [0.25, 0.3) is 5.22 Å². The predicted octanol–water partition coefficient (Wildman–Crippen LogP) is 5.22. The van der Waals surface area contributed by atoms with E-state index in [0.29, 0.717) is 18.3 Å². The number of carbonyl (C=O) groups excluding carboxylic acids is 1. The quantitative estimate of drug-likeness (QED) is 0.363. The fourth-order valence-corrected chi connectivity index (χ4v) is 4.45. The zero-order valence-electron chi connectivity index (χ0n) is 15.9.